The smallest absolute Gasteiger partial charge is 0.371 e. The first-order chi connectivity index (χ1) is 10.9. The van der Waals surface area contributed by atoms with Gasteiger partial charge >= 0.3 is 5.97 Å². The highest BCUT2D eigenvalue weighted by Gasteiger charge is 2.33. The van der Waals surface area contributed by atoms with E-state index in [9.17, 15) is 13.2 Å². The molecule has 3 heterocycles. The number of piperidine rings is 1. The number of aromatic carboxylic acids is 1. The van der Waals surface area contributed by atoms with E-state index in [1.807, 2.05) is 11.6 Å². The maximum Gasteiger partial charge on any atom is 0.371 e. The van der Waals surface area contributed by atoms with Crippen LogP contribution in [0.25, 0.3) is 0 Å². The highest BCUT2D eigenvalue weighted by atomic mass is 32.2. The lowest BCUT2D eigenvalue weighted by Gasteiger charge is -2.29. The fourth-order valence-electron chi connectivity index (χ4n) is 2.72. The lowest BCUT2D eigenvalue weighted by molar-refractivity contribution is 0.0656. The van der Waals surface area contributed by atoms with E-state index in [1.54, 1.807) is 6.33 Å². The maximum absolute atomic E-state index is 12.5. The number of aryl methyl sites for hydroxylation is 1. The van der Waals surface area contributed by atoms with Crippen LogP contribution in [0.5, 0.6) is 0 Å². The van der Waals surface area contributed by atoms with Gasteiger partial charge in [-0.3, -0.25) is 0 Å². The van der Waals surface area contributed by atoms with Crippen molar-refractivity contribution in [3.8, 4) is 0 Å². The molecular formula is C13H16N4O5S. The van der Waals surface area contributed by atoms with Crippen molar-refractivity contribution < 1.29 is 22.7 Å². The number of hydrogen-bond donors (Lipinski definition) is 1. The Kier molecular flexibility index (Phi) is 3.94. The first kappa shape index (κ1) is 15.7. The van der Waals surface area contributed by atoms with E-state index < -0.39 is 21.8 Å². The second kappa shape index (κ2) is 5.78. The Morgan fingerprint density at radius 2 is 2.04 bits per heavy atom. The molecule has 0 atom stereocenters. The van der Waals surface area contributed by atoms with E-state index >= 15 is 0 Å². The molecule has 0 bridgehead atoms. The van der Waals surface area contributed by atoms with Crippen molar-refractivity contribution >= 4 is 16.0 Å². The SMILES string of the molecule is Cn1cnnc1C1CCN(S(=O)(=O)c2ccc(C(=O)O)o2)CC1. The molecule has 3 rings (SSSR count). The minimum Gasteiger partial charge on any atom is -0.475 e. The van der Waals surface area contributed by atoms with Crippen molar-refractivity contribution in [3.05, 3.63) is 30.0 Å². The van der Waals surface area contributed by atoms with Gasteiger partial charge in [0.15, 0.2) is 0 Å². The molecule has 0 radical (unpaired) electrons. The second-order valence-electron chi connectivity index (χ2n) is 5.40. The molecule has 1 aliphatic rings. The summed E-state index contributed by atoms with van der Waals surface area (Å²) in [6.45, 7) is 0.645. The summed E-state index contributed by atoms with van der Waals surface area (Å²) < 4.78 is 33.0. The van der Waals surface area contributed by atoms with Crippen LogP contribution in [0.4, 0.5) is 0 Å². The zero-order chi connectivity index (χ0) is 16.6. The van der Waals surface area contributed by atoms with Crippen molar-refractivity contribution in [2.75, 3.05) is 13.1 Å². The molecule has 1 fully saturated rings. The summed E-state index contributed by atoms with van der Waals surface area (Å²) in [5, 5.41) is 16.4. The molecule has 23 heavy (non-hydrogen) atoms. The monoisotopic (exact) mass is 340 g/mol. The Balaban J connectivity index is 1.73. The van der Waals surface area contributed by atoms with Crippen LogP contribution in [-0.4, -0.2) is 51.7 Å². The van der Waals surface area contributed by atoms with E-state index in [-0.39, 0.29) is 11.0 Å². The molecule has 0 spiro atoms. The van der Waals surface area contributed by atoms with Crippen molar-refractivity contribution in [2.45, 2.75) is 23.9 Å². The number of furan rings is 1. The van der Waals surface area contributed by atoms with Gasteiger partial charge in [-0.25, -0.2) is 13.2 Å². The summed E-state index contributed by atoms with van der Waals surface area (Å²) in [7, 11) is -1.96. The number of sulfonamides is 1. The van der Waals surface area contributed by atoms with E-state index in [0.717, 1.165) is 11.9 Å². The van der Waals surface area contributed by atoms with Crippen LogP contribution in [0.15, 0.2) is 28.0 Å². The molecule has 2 aromatic heterocycles. The molecule has 1 saturated heterocycles. The normalized spacial score (nSPS) is 17.4. The third kappa shape index (κ3) is 2.86. The standard InChI is InChI=1S/C13H16N4O5S/c1-16-8-14-15-12(16)9-4-6-17(7-5-9)23(20,21)11-3-2-10(22-11)13(18)19/h2-3,8-9H,4-7H2,1H3,(H,18,19). The van der Waals surface area contributed by atoms with Crippen LogP contribution in [0.2, 0.25) is 0 Å². The molecule has 0 amide bonds. The molecule has 2 aromatic rings. The lowest BCUT2D eigenvalue weighted by Crippen LogP contribution is -2.38. The predicted molar refractivity (Wildman–Crippen MR) is 77.4 cm³/mol. The maximum atomic E-state index is 12.5. The zero-order valence-electron chi connectivity index (χ0n) is 12.4. The van der Waals surface area contributed by atoms with E-state index in [0.29, 0.717) is 25.9 Å². The minimum absolute atomic E-state index is 0.153. The quantitative estimate of drug-likeness (QED) is 0.869. The summed E-state index contributed by atoms with van der Waals surface area (Å²) >= 11 is 0. The number of aromatic nitrogens is 3. The van der Waals surface area contributed by atoms with Gasteiger partial charge in [0.1, 0.15) is 12.2 Å². The summed E-state index contributed by atoms with van der Waals surface area (Å²) in [5.41, 5.74) is 0. The van der Waals surface area contributed by atoms with Gasteiger partial charge in [-0.05, 0) is 25.0 Å². The summed E-state index contributed by atoms with van der Waals surface area (Å²) in [6.07, 6.45) is 2.87. The fraction of sp³-hybridized carbons (Fsp3) is 0.462. The van der Waals surface area contributed by atoms with Gasteiger partial charge in [0.2, 0.25) is 10.9 Å². The Morgan fingerprint density at radius 1 is 1.35 bits per heavy atom. The molecule has 10 heteroatoms. The third-order valence-electron chi connectivity index (χ3n) is 3.95. The van der Waals surface area contributed by atoms with Gasteiger partial charge in [0, 0.05) is 26.1 Å². The van der Waals surface area contributed by atoms with Crippen molar-refractivity contribution in [1.82, 2.24) is 19.1 Å². The second-order valence-corrected chi connectivity index (χ2v) is 7.27. The number of carboxylic acid groups (broad SMARTS) is 1. The fourth-order valence-corrected chi connectivity index (χ4v) is 4.10. The van der Waals surface area contributed by atoms with Crippen LogP contribution < -0.4 is 0 Å². The minimum atomic E-state index is -3.82. The van der Waals surface area contributed by atoms with Gasteiger partial charge in [0.25, 0.3) is 10.0 Å². The predicted octanol–water partition coefficient (Wildman–Crippen LogP) is 0.675. The molecule has 1 aliphatic heterocycles. The summed E-state index contributed by atoms with van der Waals surface area (Å²) in [4.78, 5) is 10.8. The van der Waals surface area contributed by atoms with Crippen LogP contribution in [0.3, 0.4) is 0 Å². The Bertz CT molecular complexity index is 817. The van der Waals surface area contributed by atoms with Crippen LogP contribution in [0, 0.1) is 0 Å². The van der Waals surface area contributed by atoms with E-state index in [1.165, 1.54) is 10.4 Å². The van der Waals surface area contributed by atoms with Gasteiger partial charge in [-0.1, -0.05) is 0 Å². The number of carbonyl (C=O) groups is 1. The van der Waals surface area contributed by atoms with Crippen molar-refractivity contribution in [3.63, 3.8) is 0 Å². The van der Waals surface area contributed by atoms with Crippen molar-refractivity contribution in [2.24, 2.45) is 7.05 Å². The zero-order valence-corrected chi connectivity index (χ0v) is 13.2. The molecule has 0 unspecified atom stereocenters. The van der Waals surface area contributed by atoms with Gasteiger partial charge < -0.3 is 14.1 Å². The Labute approximate surface area is 132 Å². The highest BCUT2D eigenvalue weighted by molar-refractivity contribution is 7.89. The van der Waals surface area contributed by atoms with Gasteiger partial charge in [0.05, 0.1) is 0 Å². The molecule has 9 nitrogen and oxygen atoms in total. The van der Waals surface area contributed by atoms with E-state index in [2.05, 4.69) is 10.2 Å². The number of hydrogen-bond acceptors (Lipinski definition) is 6. The van der Waals surface area contributed by atoms with Crippen LogP contribution in [0.1, 0.15) is 35.1 Å². The molecule has 0 aromatic carbocycles. The topological polar surface area (TPSA) is 119 Å². The molecule has 0 aliphatic carbocycles. The van der Waals surface area contributed by atoms with Gasteiger partial charge in [-0.2, -0.15) is 4.31 Å². The molecule has 0 saturated carbocycles. The molecule has 1 N–H and O–H groups in total. The first-order valence-electron chi connectivity index (χ1n) is 7.07. The van der Waals surface area contributed by atoms with Crippen LogP contribution >= 0.6 is 0 Å². The average molecular weight is 340 g/mol. The molecular weight excluding hydrogens is 324 g/mol. The molecule has 124 valence electrons. The number of rotatable bonds is 4. The lowest BCUT2D eigenvalue weighted by atomic mass is 9.97. The van der Waals surface area contributed by atoms with Crippen LogP contribution in [-0.2, 0) is 17.1 Å². The largest absolute Gasteiger partial charge is 0.475 e. The summed E-state index contributed by atoms with van der Waals surface area (Å²) in [6, 6.07) is 2.31. The first-order valence-corrected chi connectivity index (χ1v) is 8.51. The third-order valence-corrected chi connectivity index (χ3v) is 5.72. The van der Waals surface area contributed by atoms with E-state index in [4.69, 9.17) is 9.52 Å². The van der Waals surface area contributed by atoms with Crippen molar-refractivity contribution in [1.29, 1.82) is 0 Å². The number of nitrogens with zero attached hydrogens (tertiary/aromatic N) is 4. The Hall–Kier alpha value is -2.20. The summed E-state index contributed by atoms with van der Waals surface area (Å²) in [5.74, 6) is -0.696. The highest BCUT2D eigenvalue weighted by Crippen LogP contribution is 2.29. The Morgan fingerprint density at radius 3 is 2.57 bits per heavy atom. The average Bonchev–Trinajstić information content (AvgIpc) is 3.16. The van der Waals surface area contributed by atoms with Gasteiger partial charge in [-0.15, -0.1) is 10.2 Å². The number of carboxylic acids is 1.